The van der Waals surface area contributed by atoms with Gasteiger partial charge in [0.15, 0.2) is 0 Å². The molecule has 1 N–H and O–H groups in total. The third-order valence-electron chi connectivity index (χ3n) is 1.69. The molecule has 0 aliphatic rings. The second-order valence-electron chi connectivity index (χ2n) is 3.71. The summed E-state index contributed by atoms with van der Waals surface area (Å²) in [7, 11) is 0. The topological polar surface area (TPSA) is 55.4 Å². The van der Waals surface area contributed by atoms with Gasteiger partial charge >= 0.3 is 6.09 Å². The van der Waals surface area contributed by atoms with Gasteiger partial charge in [0.1, 0.15) is 0 Å². The van der Waals surface area contributed by atoms with Gasteiger partial charge in [0.25, 0.3) is 0 Å². The lowest BCUT2D eigenvalue weighted by atomic mass is 10.1. The molecular formula is C10H19NO3. The van der Waals surface area contributed by atoms with Crippen LogP contribution in [0, 0.1) is 5.92 Å². The van der Waals surface area contributed by atoms with Gasteiger partial charge in [-0.3, -0.25) is 10.1 Å². The smallest absolute Gasteiger partial charge is 0.413 e. The molecule has 0 saturated heterocycles. The standard InChI is InChI=1S/C10H19NO3/c1-8(2)6-4-5-7-14-10(13)11-9(3)12/h8H,4-7H2,1-3H3,(H,11,12,13). The number of alkyl carbamates (subject to hydrolysis) is 1. The van der Waals surface area contributed by atoms with Crippen molar-refractivity contribution < 1.29 is 14.3 Å². The van der Waals surface area contributed by atoms with Gasteiger partial charge in [0.2, 0.25) is 5.91 Å². The number of ether oxygens (including phenoxy) is 1. The molecule has 0 aromatic heterocycles. The van der Waals surface area contributed by atoms with Crippen LogP contribution in [0.15, 0.2) is 0 Å². The van der Waals surface area contributed by atoms with Crippen molar-refractivity contribution >= 4 is 12.0 Å². The summed E-state index contributed by atoms with van der Waals surface area (Å²) in [6.45, 7) is 5.97. The van der Waals surface area contributed by atoms with Crippen molar-refractivity contribution in [3.8, 4) is 0 Å². The lowest BCUT2D eigenvalue weighted by Crippen LogP contribution is -2.28. The molecule has 14 heavy (non-hydrogen) atoms. The fourth-order valence-electron chi connectivity index (χ4n) is 0.999. The van der Waals surface area contributed by atoms with Crippen molar-refractivity contribution in [2.45, 2.75) is 40.0 Å². The molecule has 82 valence electrons. The van der Waals surface area contributed by atoms with Gasteiger partial charge in [-0.25, -0.2) is 4.79 Å². The second-order valence-corrected chi connectivity index (χ2v) is 3.71. The minimum absolute atomic E-state index is 0.381. The van der Waals surface area contributed by atoms with E-state index in [1.807, 2.05) is 5.32 Å². The van der Waals surface area contributed by atoms with Gasteiger partial charge in [-0.05, 0) is 18.8 Å². The van der Waals surface area contributed by atoms with Gasteiger partial charge in [-0.2, -0.15) is 0 Å². The lowest BCUT2D eigenvalue weighted by Gasteiger charge is -2.05. The molecule has 0 rings (SSSR count). The van der Waals surface area contributed by atoms with E-state index in [2.05, 4.69) is 13.8 Å². The summed E-state index contributed by atoms with van der Waals surface area (Å²) >= 11 is 0. The van der Waals surface area contributed by atoms with E-state index in [4.69, 9.17) is 4.74 Å². The molecular weight excluding hydrogens is 182 g/mol. The van der Waals surface area contributed by atoms with Crippen molar-refractivity contribution in [1.29, 1.82) is 0 Å². The quantitative estimate of drug-likeness (QED) is 0.693. The molecule has 0 heterocycles. The second kappa shape index (κ2) is 7.35. The first-order valence-electron chi connectivity index (χ1n) is 4.96. The number of carbonyl (C=O) groups is 2. The van der Waals surface area contributed by atoms with E-state index < -0.39 is 12.0 Å². The van der Waals surface area contributed by atoms with Crippen molar-refractivity contribution in [1.82, 2.24) is 5.32 Å². The Bertz CT molecular complexity index is 190. The van der Waals surface area contributed by atoms with Crippen LogP contribution in [0.2, 0.25) is 0 Å². The van der Waals surface area contributed by atoms with E-state index in [9.17, 15) is 9.59 Å². The zero-order valence-electron chi connectivity index (χ0n) is 9.13. The van der Waals surface area contributed by atoms with E-state index in [1.54, 1.807) is 0 Å². The summed E-state index contributed by atoms with van der Waals surface area (Å²) in [5.41, 5.74) is 0. The molecule has 0 aromatic rings. The Hall–Kier alpha value is -1.06. The van der Waals surface area contributed by atoms with Gasteiger partial charge < -0.3 is 4.74 Å². The molecule has 0 saturated carbocycles. The molecule has 4 heteroatoms. The van der Waals surface area contributed by atoms with Crippen molar-refractivity contribution in [2.75, 3.05) is 6.61 Å². The Morgan fingerprint density at radius 1 is 1.29 bits per heavy atom. The number of nitrogens with one attached hydrogen (secondary N) is 1. The van der Waals surface area contributed by atoms with Crippen LogP contribution in [0.1, 0.15) is 40.0 Å². The van der Waals surface area contributed by atoms with E-state index in [0.29, 0.717) is 12.5 Å². The summed E-state index contributed by atoms with van der Waals surface area (Å²) in [6.07, 6.45) is 2.38. The van der Waals surface area contributed by atoms with E-state index in [0.717, 1.165) is 19.3 Å². The largest absolute Gasteiger partial charge is 0.449 e. The summed E-state index contributed by atoms with van der Waals surface area (Å²) in [4.78, 5) is 21.2. The Morgan fingerprint density at radius 3 is 2.43 bits per heavy atom. The van der Waals surface area contributed by atoms with E-state index in [-0.39, 0.29) is 0 Å². The number of amides is 2. The predicted octanol–water partition coefficient (Wildman–Crippen LogP) is 2.09. The molecule has 0 unspecified atom stereocenters. The van der Waals surface area contributed by atoms with E-state index in [1.165, 1.54) is 6.92 Å². The SMILES string of the molecule is CC(=O)NC(=O)OCCCCC(C)C. The Kier molecular flexibility index (Phi) is 6.80. The molecule has 0 bridgehead atoms. The van der Waals surface area contributed by atoms with Crippen molar-refractivity contribution in [3.05, 3.63) is 0 Å². The maximum absolute atomic E-state index is 10.8. The Labute approximate surface area is 85.0 Å². The lowest BCUT2D eigenvalue weighted by molar-refractivity contribution is -0.118. The highest BCUT2D eigenvalue weighted by atomic mass is 16.5. The molecule has 0 atom stereocenters. The molecule has 4 nitrogen and oxygen atoms in total. The van der Waals surface area contributed by atoms with Gasteiger partial charge in [-0.15, -0.1) is 0 Å². The molecule has 0 radical (unpaired) electrons. The minimum Gasteiger partial charge on any atom is -0.449 e. The zero-order chi connectivity index (χ0) is 11.0. The molecule has 0 aliphatic carbocycles. The summed E-state index contributed by atoms with van der Waals surface area (Å²) in [6, 6.07) is 0. The minimum atomic E-state index is -0.651. The molecule has 0 aromatic carbocycles. The summed E-state index contributed by atoms with van der Waals surface area (Å²) in [5.74, 6) is 0.290. The van der Waals surface area contributed by atoms with Crippen LogP contribution < -0.4 is 5.32 Å². The summed E-state index contributed by atoms with van der Waals surface area (Å²) < 4.78 is 4.76. The maximum Gasteiger partial charge on any atom is 0.413 e. The van der Waals surface area contributed by atoms with Gasteiger partial charge in [0, 0.05) is 6.92 Å². The third-order valence-corrected chi connectivity index (χ3v) is 1.69. The molecule has 2 amide bonds. The Balaban J connectivity index is 3.27. The number of carbonyl (C=O) groups excluding carboxylic acids is 2. The maximum atomic E-state index is 10.8. The number of hydrogen-bond acceptors (Lipinski definition) is 3. The first kappa shape index (κ1) is 12.9. The van der Waals surface area contributed by atoms with Gasteiger partial charge in [0.05, 0.1) is 6.61 Å². The average Bonchev–Trinajstić information content (AvgIpc) is 2.01. The van der Waals surface area contributed by atoms with Crippen molar-refractivity contribution in [2.24, 2.45) is 5.92 Å². The summed E-state index contributed by atoms with van der Waals surface area (Å²) in [5, 5.41) is 2.04. The zero-order valence-corrected chi connectivity index (χ0v) is 9.13. The van der Waals surface area contributed by atoms with Crippen LogP contribution in [-0.4, -0.2) is 18.6 Å². The third kappa shape index (κ3) is 9.03. The van der Waals surface area contributed by atoms with Crippen LogP contribution in [0.4, 0.5) is 4.79 Å². The highest BCUT2D eigenvalue weighted by molar-refractivity contribution is 5.90. The number of hydrogen-bond donors (Lipinski definition) is 1. The highest BCUT2D eigenvalue weighted by Gasteiger charge is 2.03. The fourth-order valence-corrected chi connectivity index (χ4v) is 0.999. The molecule has 0 spiro atoms. The number of unbranched alkanes of at least 4 members (excludes halogenated alkanes) is 1. The van der Waals surface area contributed by atoms with Crippen LogP contribution in [0.25, 0.3) is 0 Å². The predicted molar refractivity (Wildman–Crippen MR) is 53.9 cm³/mol. The highest BCUT2D eigenvalue weighted by Crippen LogP contribution is 2.05. The number of rotatable bonds is 5. The average molecular weight is 201 g/mol. The molecule has 0 fully saturated rings. The van der Waals surface area contributed by atoms with Crippen molar-refractivity contribution in [3.63, 3.8) is 0 Å². The first-order chi connectivity index (χ1) is 6.52. The monoisotopic (exact) mass is 201 g/mol. The van der Waals surface area contributed by atoms with Crippen LogP contribution in [0.5, 0.6) is 0 Å². The number of imide groups is 1. The van der Waals surface area contributed by atoms with E-state index >= 15 is 0 Å². The Morgan fingerprint density at radius 2 is 1.93 bits per heavy atom. The molecule has 0 aliphatic heterocycles. The van der Waals surface area contributed by atoms with Crippen LogP contribution in [0.3, 0.4) is 0 Å². The van der Waals surface area contributed by atoms with Gasteiger partial charge in [-0.1, -0.05) is 20.3 Å². The first-order valence-corrected chi connectivity index (χ1v) is 4.96. The normalized spacial score (nSPS) is 10.0. The van der Waals surface area contributed by atoms with Crippen LogP contribution in [-0.2, 0) is 9.53 Å². The fraction of sp³-hybridized carbons (Fsp3) is 0.800. The van der Waals surface area contributed by atoms with Crippen LogP contribution >= 0.6 is 0 Å².